The van der Waals surface area contributed by atoms with Crippen LogP contribution in [0.4, 0.5) is 0 Å². The van der Waals surface area contributed by atoms with Crippen molar-refractivity contribution >= 4 is 28.1 Å². The summed E-state index contributed by atoms with van der Waals surface area (Å²) in [5, 5.41) is 2.17. The zero-order valence-electron chi connectivity index (χ0n) is 12.3. The molecule has 2 aromatic heterocycles. The van der Waals surface area contributed by atoms with Crippen LogP contribution < -0.4 is 0 Å². The number of carbonyl (C=O) groups is 1. The molecule has 0 saturated heterocycles. The normalized spacial score (nSPS) is 12.0. The Labute approximate surface area is 128 Å². The van der Waals surface area contributed by atoms with Crippen molar-refractivity contribution in [3.63, 3.8) is 0 Å². The van der Waals surface area contributed by atoms with Gasteiger partial charge in [0.2, 0.25) is 0 Å². The summed E-state index contributed by atoms with van der Waals surface area (Å²) in [6.45, 7) is 1.98. The van der Waals surface area contributed by atoms with E-state index in [0.29, 0.717) is 0 Å². The molecule has 0 aliphatic carbocycles. The second-order valence-corrected chi connectivity index (χ2v) is 5.82. The van der Waals surface area contributed by atoms with Gasteiger partial charge in [0.25, 0.3) is 0 Å². The van der Waals surface area contributed by atoms with Gasteiger partial charge in [-0.15, -0.1) is 0 Å². The third-order valence-electron chi connectivity index (χ3n) is 4.53. The van der Waals surface area contributed by atoms with E-state index in [9.17, 15) is 4.79 Å². The summed E-state index contributed by atoms with van der Waals surface area (Å²) in [4.78, 5) is 18.6. The fourth-order valence-electron chi connectivity index (χ4n) is 3.27. The Balaban J connectivity index is 2.02. The van der Waals surface area contributed by atoms with Gasteiger partial charge in [-0.25, -0.2) is 0 Å². The van der Waals surface area contributed by atoms with Crippen LogP contribution >= 0.6 is 0 Å². The number of para-hydroxylation sites is 2. The summed E-state index contributed by atoms with van der Waals surface area (Å²) < 4.78 is 0. The molecule has 3 heteroatoms. The molecule has 0 atom stereocenters. The highest BCUT2D eigenvalue weighted by atomic mass is 16.1. The van der Waals surface area contributed by atoms with E-state index in [4.69, 9.17) is 0 Å². The van der Waals surface area contributed by atoms with Crippen LogP contribution in [0.5, 0.6) is 0 Å². The molecule has 4 aromatic rings. The largest absolute Gasteiger partial charge is 0.361 e. The monoisotopic (exact) mass is 288 g/mol. The molecular weight excluding hydrogens is 272 g/mol. The molecule has 2 heterocycles. The third kappa shape index (κ3) is 1.65. The lowest BCUT2D eigenvalue weighted by Gasteiger charge is -2.22. The van der Waals surface area contributed by atoms with Gasteiger partial charge in [0.1, 0.15) is 6.29 Å². The van der Waals surface area contributed by atoms with Gasteiger partial charge in [0.15, 0.2) is 0 Å². The van der Waals surface area contributed by atoms with Gasteiger partial charge in [-0.3, -0.25) is 0 Å². The van der Waals surface area contributed by atoms with E-state index in [-0.39, 0.29) is 0 Å². The maximum atomic E-state index is 12.1. The number of hydrogen-bond acceptors (Lipinski definition) is 1. The van der Waals surface area contributed by atoms with Crippen LogP contribution in [0.3, 0.4) is 0 Å². The lowest BCUT2D eigenvalue weighted by Crippen LogP contribution is -2.24. The third-order valence-corrected chi connectivity index (χ3v) is 4.53. The Morgan fingerprint density at radius 2 is 1.27 bits per heavy atom. The number of rotatable bonds is 3. The summed E-state index contributed by atoms with van der Waals surface area (Å²) in [6.07, 6.45) is 4.93. The number of H-pyrrole nitrogens is 2. The number of hydrogen-bond donors (Lipinski definition) is 2. The van der Waals surface area contributed by atoms with Gasteiger partial charge < -0.3 is 14.8 Å². The van der Waals surface area contributed by atoms with Crippen molar-refractivity contribution in [3.8, 4) is 0 Å². The summed E-state index contributed by atoms with van der Waals surface area (Å²) in [5.74, 6) is 0. The van der Waals surface area contributed by atoms with Gasteiger partial charge in [-0.1, -0.05) is 36.4 Å². The first kappa shape index (κ1) is 12.9. The average Bonchev–Trinajstić information content (AvgIpc) is 3.19. The molecule has 0 saturated carbocycles. The topological polar surface area (TPSA) is 48.6 Å². The lowest BCUT2D eigenvalue weighted by molar-refractivity contribution is -0.110. The van der Waals surface area contributed by atoms with E-state index >= 15 is 0 Å². The summed E-state index contributed by atoms with van der Waals surface area (Å²) >= 11 is 0. The molecule has 0 aliphatic rings. The molecule has 22 heavy (non-hydrogen) atoms. The molecule has 2 N–H and O–H groups in total. The highest BCUT2D eigenvalue weighted by Gasteiger charge is 2.33. The van der Waals surface area contributed by atoms with Crippen molar-refractivity contribution < 1.29 is 4.79 Å². The highest BCUT2D eigenvalue weighted by molar-refractivity contribution is 5.95. The predicted molar refractivity (Wildman–Crippen MR) is 89.1 cm³/mol. The average molecular weight is 288 g/mol. The molecular formula is C19H16N2O. The fourth-order valence-corrected chi connectivity index (χ4v) is 3.27. The van der Waals surface area contributed by atoms with Crippen molar-refractivity contribution in [1.82, 2.24) is 9.97 Å². The molecule has 0 aliphatic heterocycles. The van der Waals surface area contributed by atoms with Crippen molar-refractivity contribution in [2.45, 2.75) is 12.3 Å². The zero-order chi connectivity index (χ0) is 15.2. The van der Waals surface area contributed by atoms with E-state index < -0.39 is 5.41 Å². The molecule has 0 spiro atoms. The van der Waals surface area contributed by atoms with Crippen LogP contribution in [-0.4, -0.2) is 16.3 Å². The van der Waals surface area contributed by atoms with Crippen LogP contribution in [0, 0.1) is 0 Å². The first-order chi connectivity index (χ1) is 10.7. The minimum absolute atomic E-state index is 0.695. The van der Waals surface area contributed by atoms with Gasteiger partial charge in [-0.05, 0) is 30.2 Å². The van der Waals surface area contributed by atoms with E-state index in [1.165, 1.54) is 0 Å². The minimum atomic E-state index is -0.695. The number of benzene rings is 2. The summed E-state index contributed by atoms with van der Waals surface area (Å²) in [6, 6.07) is 16.1. The van der Waals surface area contributed by atoms with E-state index in [1.807, 2.05) is 55.7 Å². The molecule has 108 valence electrons. The van der Waals surface area contributed by atoms with Crippen molar-refractivity contribution in [2.75, 3.05) is 0 Å². The number of carbonyl (C=O) groups excluding carboxylic acids is 1. The van der Waals surface area contributed by atoms with E-state index in [0.717, 1.165) is 39.2 Å². The molecule has 2 aromatic carbocycles. The Bertz CT molecular complexity index is 903. The maximum absolute atomic E-state index is 12.1. The quantitative estimate of drug-likeness (QED) is 0.546. The molecule has 0 fully saturated rings. The first-order valence-electron chi connectivity index (χ1n) is 7.33. The van der Waals surface area contributed by atoms with Crippen LogP contribution in [0.15, 0.2) is 60.9 Å². The van der Waals surface area contributed by atoms with Gasteiger partial charge in [-0.2, -0.15) is 0 Å². The van der Waals surface area contributed by atoms with Crippen LogP contribution in [0.2, 0.25) is 0 Å². The van der Waals surface area contributed by atoms with Crippen LogP contribution in [0.1, 0.15) is 18.1 Å². The molecule has 3 nitrogen and oxygen atoms in total. The van der Waals surface area contributed by atoms with E-state index in [1.54, 1.807) is 0 Å². The SMILES string of the molecule is CC(C=O)(c1c[nH]c2ccccc12)c1c[nH]c2ccccc12. The molecule has 0 bridgehead atoms. The zero-order valence-corrected chi connectivity index (χ0v) is 12.3. The Morgan fingerprint density at radius 1 is 0.818 bits per heavy atom. The molecule has 0 unspecified atom stereocenters. The number of fused-ring (bicyclic) bond motifs is 2. The second kappa shape index (κ2) is 4.60. The highest BCUT2D eigenvalue weighted by Crippen LogP contribution is 2.38. The summed E-state index contributed by atoms with van der Waals surface area (Å²) in [5.41, 5.74) is 3.40. The molecule has 4 rings (SSSR count). The van der Waals surface area contributed by atoms with E-state index in [2.05, 4.69) is 22.1 Å². The smallest absolute Gasteiger partial charge is 0.134 e. The minimum Gasteiger partial charge on any atom is -0.361 e. The van der Waals surface area contributed by atoms with Gasteiger partial charge >= 0.3 is 0 Å². The van der Waals surface area contributed by atoms with Crippen molar-refractivity contribution in [2.24, 2.45) is 0 Å². The molecule has 0 amide bonds. The Kier molecular flexibility index (Phi) is 2.70. The van der Waals surface area contributed by atoms with Crippen molar-refractivity contribution in [3.05, 3.63) is 72.1 Å². The van der Waals surface area contributed by atoms with Crippen LogP contribution in [-0.2, 0) is 10.2 Å². The van der Waals surface area contributed by atoms with Crippen LogP contribution in [0.25, 0.3) is 21.8 Å². The van der Waals surface area contributed by atoms with Crippen molar-refractivity contribution in [1.29, 1.82) is 0 Å². The fraction of sp³-hybridized carbons (Fsp3) is 0.105. The number of aromatic nitrogens is 2. The predicted octanol–water partition coefficient (Wildman–Crippen LogP) is 4.15. The second-order valence-electron chi connectivity index (χ2n) is 5.82. The number of aldehydes is 1. The standard InChI is InChI=1S/C19H16N2O/c1-19(12-22,15-10-20-17-8-4-2-6-13(15)17)16-11-21-18-9-5-3-7-14(16)18/h2-12,20-21H,1H3. The molecule has 0 radical (unpaired) electrons. The number of nitrogens with one attached hydrogen (secondary N) is 2. The lowest BCUT2D eigenvalue weighted by atomic mass is 9.77. The van der Waals surface area contributed by atoms with Gasteiger partial charge in [0.05, 0.1) is 5.41 Å². The first-order valence-corrected chi connectivity index (χ1v) is 7.33. The Hall–Kier alpha value is -2.81. The van der Waals surface area contributed by atoms with Gasteiger partial charge in [0, 0.05) is 34.2 Å². The Morgan fingerprint density at radius 3 is 1.73 bits per heavy atom. The maximum Gasteiger partial charge on any atom is 0.134 e. The number of aromatic amines is 2. The summed E-state index contributed by atoms with van der Waals surface area (Å²) in [7, 11) is 0.